The third kappa shape index (κ3) is 4.21. The molecule has 3 fully saturated rings. The zero-order chi connectivity index (χ0) is 26.3. The van der Waals surface area contributed by atoms with Gasteiger partial charge in [-0.25, -0.2) is 0 Å². The Balaban J connectivity index is 1.71. The number of aliphatic hydroxyl groups excluding tert-OH is 1. The maximum atomic E-state index is 14.0. The lowest BCUT2D eigenvalue weighted by Gasteiger charge is -2.35. The van der Waals surface area contributed by atoms with Crippen molar-refractivity contribution in [1.82, 2.24) is 4.90 Å². The Hall–Kier alpha value is -2.16. The SMILES string of the molecule is CCOC(=O)[C@H]1[C@H]2C(=O)N(CCCCCCO)C(C(=O)Nc3c(C)cccc3Cl)C23CC(C)[C@]1(C)O3. The minimum absolute atomic E-state index is 0.0437. The summed E-state index contributed by atoms with van der Waals surface area (Å²) in [4.78, 5) is 42.7. The van der Waals surface area contributed by atoms with Crippen molar-refractivity contribution in [2.24, 2.45) is 17.8 Å². The highest BCUT2D eigenvalue weighted by molar-refractivity contribution is 6.34. The van der Waals surface area contributed by atoms with Crippen molar-refractivity contribution in [3.8, 4) is 0 Å². The van der Waals surface area contributed by atoms with Gasteiger partial charge in [-0.3, -0.25) is 14.4 Å². The van der Waals surface area contributed by atoms with Crippen LogP contribution in [0.3, 0.4) is 0 Å². The molecule has 3 saturated heterocycles. The van der Waals surface area contributed by atoms with Crippen LogP contribution in [0.15, 0.2) is 18.2 Å². The summed E-state index contributed by atoms with van der Waals surface area (Å²) >= 11 is 6.40. The summed E-state index contributed by atoms with van der Waals surface area (Å²) in [6, 6.07) is 4.49. The maximum Gasteiger partial charge on any atom is 0.312 e. The molecule has 6 atom stereocenters. The van der Waals surface area contributed by atoms with E-state index in [0.29, 0.717) is 36.5 Å². The highest BCUT2D eigenvalue weighted by Crippen LogP contribution is 2.65. The maximum absolute atomic E-state index is 14.0. The number of fused-ring (bicyclic) bond motifs is 1. The summed E-state index contributed by atoms with van der Waals surface area (Å²) in [7, 11) is 0. The number of likely N-dealkylation sites (tertiary alicyclic amines) is 1. The number of anilines is 1. The standard InChI is InChI=1S/C27H37ClN2O6/c1-5-35-25(34)20-19-24(33)30(13-8-6-7-9-14-31)22(27(19)15-17(3)26(20,4)36-27)23(32)29-21-16(2)11-10-12-18(21)28/h10-12,17,19-20,22,31H,5-9,13-15H2,1-4H3,(H,29,32)/t17?,19-,20+,22?,26-,27?/m0/s1. The number of benzene rings is 1. The lowest BCUT2D eigenvalue weighted by molar-refractivity contribution is -0.160. The van der Waals surface area contributed by atoms with Crippen LogP contribution in [0, 0.1) is 24.7 Å². The molecule has 8 nitrogen and oxygen atoms in total. The zero-order valence-corrected chi connectivity index (χ0v) is 22.3. The van der Waals surface area contributed by atoms with E-state index in [0.717, 1.165) is 18.4 Å². The Morgan fingerprint density at radius 1 is 1.28 bits per heavy atom. The lowest BCUT2D eigenvalue weighted by Crippen LogP contribution is -2.54. The van der Waals surface area contributed by atoms with Gasteiger partial charge in [-0.1, -0.05) is 43.5 Å². The third-order valence-electron chi connectivity index (χ3n) is 8.38. The first-order valence-electron chi connectivity index (χ1n) is 13.0. The van der Waals surface area contributed by atoms with Crippen molar-refractivity contribution in [2.45, 2.75) is 77.0 Å². The third-order valence-corrected chi connectivity index (χ3v) is 8.70. The van der Waals surface area contributed by atoms with Gasteiger partial charge < -0.3 is 24.8 Å². The molecule has 1 spiro atoms. The van der Waals surface area contributed by atoms with E-state index in [9.17, 15) is 14.4 Å². The Bertz CT molecular complexity index is 1010. The van der Waals surface area contributed by atoms with Crippen LogP contribution in [0.25, 0.3) is 0 Å². The minimum atomic E-state index is -1.12. The van der Waals surface area contributed by atoms with Gasteiger partial charge in [-0.05, 0) is 57.6 Å². The quantitative estimate of drug-likeness (QED) is 0.360. The summed E-state index contributed by atoms with van der Waals surface area (Å²) < 4.78 is 12.0. The van der Waals surface area contributed by atoms with Crippen LogP contribution in [-0.4, -0.2) is 64.8 Å². The fraction of sp³-hybridized carbons (Fsp3) is 0.667. The van der Waals surface area contributed by atoms with Crippen molar-refractivity contribution < 1.29 is 29.0 Å². The topological polar surface area (TPSA) is 105 Å². The first-order valence-corrected chi connectivity index (χ1v) is 13.3. The second-order valence-electron chi connectivity index (χ2n) is 10.5. The van der Waals surface area contributed by atoms with Crippen molar-refractivity contribution >= 4 is 35.1 Å². The van der Waals surface area contributed by atoms with Crippen LogP contribution in [0.4, 0.5) is 5.69 Å². The van der Waals surface area contributed by atoms with Gasteiger partial charge in [-0.15, -0.1) is 0 Å². The monoisotopic (exact) mass is 520 g/mol. The molecule has 0 saturated carbocycles. The van der Waals surface area contributed by atoms with Crippen molar-refractivity contribution in [3.05, 3.63) is 28.8 Å². The Morgan fingerprint density at radius 2 is 2.00 bits per heavy atom. The summed E-state index contributed by atoms with van der Waals surface area (Å²) in [5.74, 6) is -2.64. The number of carbonyl (C=O) groups excluding carboxylic acids is 3. The number of aryl methyl sites for hydroxylation is 1. The molecule has 9 heteroatoms. The van der Waals surface area contributed by atoms with E-state index in [4.69, 9.17) is 26.2 Å². The number of esters is 1. The lowest BCUT2D eigenvalue weighted by atomic mass is 9.62. The number of hydrogen-bond acceptors (Lipinski definition) is 6. The summed E-state index contributed by atoms with van der Waals surface area (Å²) in [6.45, 7) is 8.17. The molecule has 3 unspecified atom stereocenters. The average molecular weight is 521 g/mol. The van der Waals surface area contributed by atoms with Gasteiger partial charge in [0.15, 0.2) is 0 Å². The molecule has 0 aliphatic carbocycles. The molecule has 3 aliphatic heterocycles. The number of halogens is 1. The Kier molecular flexibility index (Phi) is 7.70. The number of ether oxygens (including phenoxy) is 2. The minimum Gasteiger partial charge on any atom is -0.466 e. The molecule has 0 aromatic heterocycles. The molecular formula is C27H37ClN2O6. The van der Waals surface area contributed by atoms with Crippen molar-refractivity contribution in [3.63, 3.8) is 0 Å². The van der Waals surface area contributed by atoms with Crippen LogP contribution in [0.2, 0.25) is 5.02 Å². The molecule has 0 radical (unpaired) electrons. The number of hydrogen-bond donors (Lipinski definition) is 2. The molecule has 2 amide bonds. The van der Waals surface area contributed by atoms with Gasteiger partial charge in [-0.2, -0.15) is 0 Å². The first kappa shape index (κ1) is 26.9. The van der Waals surface area contributed by atoms with Crippen LogP contribution in [0.5, 0.6) is 0 Å². The van der Waals surface area contributed by atoms with Gasteiger partial charge >= 0.3 is 5.97 Å². The second-order valence-corrected chi connectivity index (χ2v) is 11.0. The highest BCUT2D eigenvalue weighted by Gasteiger charge is 2.80. The predicted octanol–water partition coefficient (Wildman–Crippen LogP) is 3.71. The molecule has 198 valence electrons. The number of nitrogens with zero attached hydrogens (tertiary/aromatic N) is 1. The van der Waals surface area contributed by atoms with Gasteiger partial charge in [0, 0.05) is 13.2 Å². The van der Waals surface area contributed by atoms with Crippen molar-refractivity contribution in [1.29, 1.82) is 0 Å². The van der Waals surface area contributed by atoms with E-state index < -0.39 is 35.0 Å². The largest absolute Gasteiger partial charge is 0.466 e. The van der Waals surface area contributed by atoms with Gasteiger partial charge in [0.1, 0.15) is 17.6 Å². The molecule has 1 aromatic carbocycles. The van der Waals surface area contributed by atoms with E-state index in [1.165, 1.54) is 0 Å². The van der Waals surface area contributed by atoms with Gasteiger partial charge in [0.05, 0.1) is 28.8 Å². The normalized spacial score (nSPS) is 32.6. The number of carbonyl (C=O) groups is 3. The Morgan fingerprint density at radius 3 is 2.67 bits per heavy atom. The number of nitrogens with one attached hydrogen (secondary N) is 1. The van der Waals surface area contributed by atoms with Crippen LogP contribution in [0.1, 0.15) is 58.4 Å². The predicted molar refractivity (Wildman–Crippen MR) is 135 cm³/mol. The molecule has 4 rings (SSSR count). The smallest absolute Gasteiger partial charge is 0.312 e. The van der Waals surface area contributed by atoms with Crippen molar-refractivity contribution in [2.75, 3.05) is 25.1 Å². The second kappa shape index (κ2) is 10.3. The molecule has 2 N–H and O–H groups in total. The number of aliphatic hydroxyl groups is 1. The van der Waals surface area contributed by atoms with E-state index in [1.54, 1.807) is 17.9 Å². The number of para-hydroxylation sites is 1. The van der Waals surface area contributed by atoms with Gasteiger partial charge in [0.2, 0.25) is 11.8 Å². The summed E-state index contributed by atoms with van der Waals surface area (Å²) in [5, 5.41) is 12.5. The van der Waals surface area contributed by atoms with E-state index in [-0.39, 0.29) is 30.9 Å². The number of rotatable bonds is 10. The number of unbranched alkanes of at least 4 members (excludes halogenated alkanes) is 3. The van der Waals surface area contributed by atoms with E-state index in [2.05, 4.69) is 5.32 Å². The number of amides is 2. The highest BCUT2D eigenvalue weighted by atomic mass is 35.5. The van der Waals surface area contributed by atoms with Gasteiger partial charge in [0.25, 0.3) is 0 Å². The first-order chi connectivity index (χ1) is 17.1. The fourth-order valence-corrected chi connectivity index (χ4v) is 6.87. The average Bonchev–Trinajstić information content (AvgIpc) is 3.33. The van der Waals surface area contributed by atoms with Crippen LogP contribution in [-0.2, 0) is 23.9 Å². The molecule has 3 heterocycles. The molecule has 2 bridgehead atoms. The van der Waals surface area contributed by atoms with E-state index in [1.807, 2.05) is 32.9 Å². The van der Waals surface area contributed by atoms with Crippen LogP contribution >= 0.6 is 11.6 Å². The van der Waals surface area contributed by atoms with E-state index >= 15 is 0 Å². The molecular weight excluding hydrogens is 484 g/mol. The molecule has 1 aromatic rings. The molecule has 36 heavy (non-hydrogen) atoms. The zero-order valence-electron chi connectivity index (χ0n) is 21.5. The van der Waals surface area contributed by atoms with Crippen LogP contribution < -0.4 is 5.32 Å². The summed E-state index contributed by atoms with van der Waals surface area (Å²) in [6.07, 6.45) is 3.52. The Labute approximate surface area is 217 Å². The molecule has 3 aliphatic rings. The summed E-state index contributed by atoms with van der Waals surface area (Å²) in [5.41, 5.74) is -0.690. The fourth-order valence-electron chi connectivity index (χ4n) is 6.60.